The Bertz CT molecular complexity index is 307. The van der Waals surface area contributed by atoms with Crippen LogP contribution in [-0.2, 0) is 9.59 Å². The molecule has 1 saturated heterocycles. The van der Waals surface area contributed by atoms with Gasteiger partial charge in [0.2, 0.25) is 0 Å². The minimum Gasteiger partial charge on any atom is -0.333 e. The number of hydrogen-bond acceptors (Lipinski definition) is 3. The molecule has 1 aliphatic heterocycles. The fraction of sp³-hybridized carbons (Fsp3) is 0.846. The summed E-state index contributed by atoms with van der Waals surface area (Å²) in [7, 11) is 1.71. The molecular weight excluding hydrogens is 230 g/mol. The molecule has 1 aliphatic rings. The zero-order chi connectivity index (χ0) is 13.8. The number of nitrogens with one attached hydrogen (secondary N) is 1. The van der Waals surface area contributed by atoms with Gasteiger partial charge in [0.15, 0.2) is 0 Å². The highest BCUT2D eigenvalue weighted by Crippen LogP contribution is 2.17. The Balaban J connectivity index is 2.68. The average Bonchev–Trinajstić information content (AvgIpc) is 2.64. The van der Waals surface area contributed by atoms with Crippen molar-refractivity contribution in [1.29, 1.82) is 0 Å². The normalized spacial score (nSPS) is 17.2. The van der Waals surface area contributed by atoms with Gasteiger partial charge >= 0.3 is 11.8 Å². The molecule has 0 unspecified atom stereocenters. The third-order valence-corrected chi connectivity index (χ3v) is 3.89. The summed E-state index contributed by atoms with van der Waals surface area (Å²) < 4.78 is 0. The van der Waals surface area contributed by atoms with Gasteiger partial charge in [-0.2, -0.15) is 0 Å². The number of carbonyl (C=O) groups is 2. The lowest BCUT2D eigenvalue weighted by Crippen LogP contribution is -2.52. The SMILES string of the molecule is CCC(C)(C)N(C)C(=O)C(=O)N1CCCNCC1. The second-order valence-corrected chi connectivity index (χ2v) is 5.43. The number of amides is 2. The lowest BCUT2D eigenvalue weighted by molar-refractivity contribution is -0.153. The van der Waals surface area contributed by atoms with E-state index in [9.17, 15) is 9.59 Å². The van der Waals surface area contributed by atoms with E-state index in [1.54, 1.807) is 16.8 Å². The number of hydrogen-bond donors (Lipinski definition) is 1. The van der Waals surface area contributed by atoms with Crippen molar-refractivity contribution >= 4 is 11.8 Å². The number of rotatable bonds is 2. The van der Waals surface area contributed by atoms with Gasteiger partial charge in [-0.3, -0.25) is 9.59 Å². The summed E-state index contributed by atoms with van der Waals surface area (Å²) in [6.07, 6.45) is 1.73. The lowest BCUT2D eigenvalue weighted by atomic mass is 10.00. The van der Waals surface area contributed by atoms with Gasteiger partial charge in [0.25, 0.3) is 0 Å². The van der Waals surface area contributed by atoms with Crippen LogP contribution in [0.4, 0.5) is 0 Å². The molecule has 0 atom stereocenters. The first-order valence-corrected chi connectivity index (χ1v) is 6.68. The average molecular weight is 255 g/mol. The van der Waals surface area contributed by atoms with Crippen LogP contribution in [-0.4, -0.2) is 60.4 Å². The maximum Gasteiger partial charge on any atom is 0.312 e. The first-order valence-electron chi connectivity index (χ1n) is 6.68. The molecule has 1 heterocycles. The van der Waals surface area contributed by atoms with E-state index in [4.69, 9.17) is 0 Å². The predicted octanol–water partition coefficient (Wildman–Crippen LogP) is 0.455. The summed E-state index contributed by atoms with van der Waals surface area (Å²) in [4.78, 5) is 27.6. The molecule has 18 heavy (non-hydrogen) atoms. The van der Waals surface area contributed by atoms with Crippen molar-refractivity contribution in [2.24, 2.45) is 0 Å². The smallest absolute Gasteiger partial charge is 0.312 e. The van der Waals surface area contributed by atoms with Crippen LogP contribution in [0.2, 0.25) is 0 Å². The fourth-order valence-corrected chi connectivity index (χ4v) is 1.84. The van der Waals surface area contributed by atoms with Gasteiger partial charge in [0.1, 0.15) is 0 Å². The van der Waals surface area contributed by atoms with Crippen LogP contribution >= 0.6 is 0 Å². The zero-order valence-corrected chi connectivity index (χ0v) is 12.0. The molecule has 1 fully saturated rings. The van der Waals surface area contributed by atoms with Crippen molar-refractivity contribution in [2.75, 3.05) is 33.2 Å². The molecule has 0 aromatic carbocycles. The second kappa shape index (κ2) is 6.18. The molecule has 5 heteroatoms. The van der Waals surface area contributed by atoms with Crippen LogP contribution < -0.4 is 5.32 Å². The third kappa shape index (κ3) is 3.45. The summed E-state index contributed by atoms with van der Waals surface area (Å²) in [6, 6.07) is 0. The number of carbonyl (C=O) groups excluding carboxylic acids is 2. The Labute approximate surface area is 110 Å². The molecule has 5 nitrogen and oxygen atoms in total. The summed E-state index contributed by atoms with van der Waals surface area (Å²) in [5, 5.41) is 3.22. The van der Waals surface area contributed by atoms with Gasteiger partial charge in [0, 0.05) is 32.2 Å². The topological polar surface area (TPSA) is 52.7 Å². The van der Waals surface area contributed by atoms with Crippen molar-refractivity contribution in [3.8, 4) is 0 Å². The molecule has 0 spiro atoms. The molecular formula is C13H25N3O2. The van der Waals surface area contributed by atoms with E-state index in [1.807, 2.05) is 20.8 Å². The van der Waals surface area contributed by atoms with Gasteiger partial charge < -0.3 is 15.1 Å². The van der Waals surface area contributed by atoms with E-state index >= 15 is 0 Å². The lowest BCUT2D eigenvalue weighted by Gasteiger charge is -2.35. The van der Waals surface area contributed by atoms with Gasteiger partial charge in [-0.1, -0.05) is 6.92 Å². The Kier molecular flexibility index (Phi) is 5.14. The minimum atomic E-state index is -0.399. The van der Waals surface area contributed by atoms with Crippen LogP contribution in [0, 0.1) is 0 Å². The van der Waals surface area contributed by atoms with Gasteiger partial charge in [-0.25, -0.2) is 0 Å². The predicted molar refractivity (Wildman–Crippen MR) is 71.2 cm³/mol. The largest absolute Gasteiger partial charge is 0.333 e. The van der Waals surface area contributed by atoms with E-state index in [2.05, 4.69) is 5.32 Å². The molecule has 1 rings (SSSR count). The van der Waals surface area contributed by atoms with E-state index in [1.165, 1.54) is 0 Å². The Morgan fingerprint density at radius 3 is 2.56 bits per heavy atom. The highest BCUT2D eigenvalue weighted by Gasteiger charge is 2.32. The highest BCUT2D eigenvalue weighted by molar-refractivity contribution is 6.35. The fourth-order valence-electron chi connectivity index (χ4n) is 1.84. The second-order valence-electron chi connectivity index (χ2n) is 5.43. The molecule has 0 aromatic heterocycles. The van der Waals surface area contributed by atoms with Gasteiger partial charge in [0.05, 0.1) is 0 Å². The van der Waals surface area contributed by atoms with Crippen molar-refractivity contribution in [2.45, 2.75) is 39.2 Å². The standard InChI is InChI=1S/C13H25N3O2/c1-5-13(2,3)15(4)11(17)12(18)16-9-6-7-14-8-10-16/h14H,5-10H2,1-4H3. The summed E-state index contributed by atoms with van der Waals surface area (Å²) >= 11 is 0. The van der Waals surface area contributed by atoms with Crippen LogP contribution in [0.3, 0.4) is 0 Å². The molecule has 0 bridgehead atoms. The minimum absolute atomic E-state index is 0.281. The van der Waals surface area contributed by atoms with Crippen LogP contribution in [0.5, 0.6) is 0 Å². The molecule has 104 valence electrons. The first kappa shape index (κ1) is 15.0. The Hall–Kier alpha value is -1.10. The molecule has 0 saturated carbocycles. The highest BCUT2D eigenvalue weighted by atomic mass is 16.2. The molecule has 0 aliphatic carbocycles. The third-order valence-electron chi connectivity index (χ3n) is 3.89. The van der Waals surface area contributed by atoms with E-state index in [0.717, 1.165) is 25.9 Å². The van der Waals surface area contributed by atoms with Crippen LogP contribution in [0.1, 0.15) is 33.6 Å². The van der Waals surface area contributed by atoms with Crippen LogP contribution in [0.15, 0.2) is 0 Å². The van der Waals surface area contributed by atoms with E-state index < -0.39 is 5.91 Å². The molecule has 2 amide bonds. The van der Waals surface area contributed by atoms with Crippen LogP contribution in [0.25, 0.3) is 0 Å². The molecule has 1 N–H and O–H groups in total. The summed E-state index contributed by atoms with van der Waals surface area (Å²) in [5.41, 5.74) is -0.281. The van der Waals surface area contributed by atoms with Crippen molar-refractivity contribution in [1.82, 2.24) is 15.1 Å². The van der Waals surface area contributed by atoms with E-state index in [0.29, 0.717) is 13.1 Å². The number of likely N-dealkylation sites (N-methyl/N-ethyl adjacent to an activating group) is 1. The molecule has 0 aromatic rings. The van der Waals surface area contributed by atoms with Crippen molar-refractivity contribution in [3.63, 3.8) is 0 Å². The van der Waals surface area contributed by atoms with Gasteiger partial charge in [-0.15, -0.1) is 0 Å². The Morgan fingerprint density at radius 2 is 1.94 bits per heavy atom. The Morgan fingerprint density at radius 1 is 1.28 bits per heavy atom. The first-order chi connectivity index (χ1) is 8.40. The van der Waals surface area contributed by atoms with E-state index in [-0.39, 0.29) is 11.4 Å². The van der Waals surface area contributed by atoms with Gasteiger partial charge in [-0.05, 0) is 33.2 Å². The quantitative estimate of drug-likeness (QED) is 0.729. The maximum absolute atomic E-state index is 12.2. The van der Waals surface area contributed by atoms with Crippen molar-refractivity contribution < 1.29 is 9.59 Å². The number of nitrogens with zero attached hydrogens (tertiary/aromatic N) is 2. The monoisotopic (exact) mass is 255 g/mol. The summed E-state index contributed by atoms with van der Waals surface area (Å²) in [5.74, 6) is -0.772. The zero-order valence-electron chi connectivity index (χ0n) is 12.0. The summed E-state index contributed by atoms with van der Waals surface area (Å²) in [6.45, 7) is 8.92. The molecule has 0 radical (unpaired) electrons. The maximum atomic E-state index is 12.2. The van der Waals surface area contributed by atoms with Crippen molar-refractivity contribution in [3.05, 3.63) is 0 Å².